The highest BCUT2D eigenvalue weighted by molar-refractivity contribution is 6.05. The third-order valence-corrected chi connectivity index (χ3v) is 4.06. The number of rotatable bonds is 2. The average molecular weight is 356 g/mol. The van der Waals surface area contributed by atoms with E-state index >= 15 is 0 Å². The Kier molecular flexibility index (Phi) is 7.26. The molecule has 4 nitrogen and oxygen atoms in total. The Morgan fingerprint density at radius 1 is 1.26 bits per heavy atom. The molecule has 1 aromatic carbocycles. The van der Waals surface area contributed by atoms with Crippen LogP contribution in [0.1, 0.15) is 35.8 Å². The molecule has 23 heavy (non-hydrogen) atoms. The number of nitrogens with one attached hydrogen (secondary N) is 2. The van der Waals surface area contributed by atoms with Crippen LogP contribution in [0.4, 0.5) is 0 Å². The van der Waals surface area contributed by atoms with Gasteiger partial charge in [-0.3, -0.25) is 9.78 Å². The summed E-state index contributed by atoms with van der Waals surface area (Å²) in [4.78, 5) is 17.1. The SMILES string of the molecule is Cc1ccc2cccc(C(=O)NC3CCNC(C)C3)c2n1.Cl.Cl. The summed E-state index contributed by atoms with van der Waals surface area (Å²) in [6.45, 7) is 5.06. The zero-order chi connectivity index (χ0) is 14.8. The largest absolute Gasteiger partial charge is 0.349 e. The number of benzene rings is 1. The summed E-state index contributed by atoms with van der Waals surface area (Å²) >= 11 is 0. The fourth-order valence-electron chi connectivity index (χ4n) is 2.95. The number of piperidine rings is 1. The molecule has 2 aromatic rings. The Morgan fingerprint density at radius 2 is 2.04 bits per heavy atom. The Hall–Kier alpha value is -1.36. The summed E-state index contributed by atoms with van der Waals surface area (Å²) in [7, 11) is 0. The summed E-state index contributed by atoms with van der Waals surface area (Å²) in [5.41, 5.74) is 2.39. The lowest BCUT2D eigenvalue weighted by atomic mass is 10.00. The van der Waals surface area contributed by atoms with Crippen LogP contribution in [-0.2, 0) is 0 Å². The summed E-state index contributed by atoms with van der Waals surface area (Å²) in [5, 5.41) is 7.56. The van der Waals surface area contributed by atoms with Gasteiger partial charge in [0.1, 0.15) is 0 Å². The van der Waals surface area contributed by atoms with Crippen molar-refractivity contribution in [1.29, 1.82) is 0 Å². The van der Waals surface area contributed by atoms with E-state index in [0.717, 1.165) is 36.0 Å². The molecule has 6 heteroatoms. The van der Waals surface area contributed by atoms with E-state index < -0.39 is 0 Å². The van der Waals surface area contributed by atoms with E-state index in [0.29, 0.717) is 11.6 Å². The van der Waals surface area contributed by atoms with E-state index in [1.165, 1.54) is 0 Å². The Labute approximate surface area is 149 Å². The molecule has 126 valence electrons. The van der Waals surface area contributed by atoms with E-state index in [4.69, 9.17) is 0 Å². The zero-order valence-electron chi connectivity index (χ0n) is 13.3. The molecule has 1 aliphatic heterocycles. The topological polar surface area (TPSA) is 54.0 Å². The van der Waals surface area contributed by atoms with E-state index in [-0.39, 0.29) is 36.8 Å². The van der Waals surface area contributed by atoms with Gasteiger partial charge in [0, 0.05) is 23.2 Å². The van der Waals surface area contributed by atoms with Crippen LogP contribution in [0.15, 0.2) is 30.3 Å². The number of aryl methyl sites for hydroxylation is 1. The lowest BCUT2D eigenvalue weighted by Crippen LogP contribution is -2.46. The second-order valence-corrected chi connectivity index (χ2v) is 5.88. The van der Waals surface area contributed by atoms with Gasteiger partial charge in [0.05, 0.1) is 11.1 Å². The van der Waals surface area contributed by atoms with Crippen molar-refractivity contribution in [2.45, 2.75) is 38.8 Å². The molecule has 0 saturated carbocycles. The molecule has 3 rings (SSSR count). The predicted octanol–water partition coefficient (Wildman–Crippen LogP) is 3.26. The van der Waals surface area contributed by atoms with E-state index in [2.05, 4.69) is 22.5 Å². The molecule has 2 heterocycles. The fraction of sp³-hybridized carbons (Fsp3) is 0.412. The van der Waals surface area contributed by atoms with Gasteiger partial charge in [0.15, 0.2) is 0 Å². The number of halogens is 2. The van der Waals surface area contributed by atoms with Crippen molar-refractivity contribution in [2.24, 2.45) is 0 Å². The number of hydrogen-bond donors (Lipinski definition) is 2. The molecular formula is C17H23Cl2N3O. The van der Waals surface area contributed by atoms with Crippen molar-refractivity contribution < 1.29 is 4.79 Å². The molecule has 0 bridgehead atoms. The van der Waals surface area contributed by atoms with E-state index in [1.54, 1.807) is 0 Å². The van der Waals surface area contributed by atoms with Crippen molar-refractivity contribution >= 4 is 41.6 Å². The molecule has 1 amide bonds. The monoisotopic (exact) mass is 355 g/mol. The highest BCUT2D eigenvalue weighted by Gasteiger charge is 2.21. The maximum atomic E-state index is 12.6. The molecule has 1 aromatic heterocycles. The van der Waals surface area contributed by atoms with Gasteiger partial charge in [-0.05, 0) is 45.4 Å². The molecular weight excluding hydrogens is 333 g/mol. The second-order valence-electron chi connectivity index (χ2n) is 5.88. The minimum absolute atomic E-state index is 0. The number of carbonyl (C=O) groups is 1. The van der Waals surface area contributed by atoms with Crippen LogP contribution in [-0.4, -0.2) is 29.5 Å². The van der Waals surface area contributed by atoms with Gasteiger partial charge in [-0.2, -0.15) is 0 Å². The third kappa shape index (κ3) is 4.56. The molecule has 2 atom stereocenters. The van der Waals surface area contributed by atoms with Crippen molar-refractivity contribution in [3.63, 3.8) is 0 Å². The second kappa shape index (κ2) is 8.48. The van der Waals surface area contributed by atoms with Gasteiger partial charge >= 0.3 is 0 Å². The van der Waals surface area contributed by atoms with Gasteiger partial charge in [-0.25, -0.2) is 0 Å². The van der Waals surface area contributed by atoms with Crippen LogP contribution in [0.5, 0.6) is 0 Å². The number of hydrogen-bond acceptors (Lipinski definition) is 3. The van der Waals surface area contributed by atoms with Crippen LogP contribution >= 0.6 is 24.8 Å². The van der Waals surface area contributed by atoms with Crippen molar-refractivity contribution in [3.05, 3.63) is 41.6 Å². The first-order valence-electron chi connectivity index (χ1n) is 7.54. The minimum Gasteiger partial charge on any atom is -0.349 e. The Bertz CT molecular complexity index is 678. The quantitative estimate of drug-likeness (QED) is 0.869. The summed E-state index contributed by atoms with van der Waals surface area (Å²) in [6, 6.07) is 10.4. The molecule has 1 aliphatic rings. The Morgan fingerprint density at radius 3 is 2.78 bits per heavy atom. The fourth-order valence-corrected chi connectivity index (χ4v) is 2.95. The number of carbonyl (C=O) groups excluding carboxylic acids is 1. The van der Waals surface area contributed by atoms with Crippen LogP contribution in [0, 0.1) is 6.92 Å². The summed E-state index contributed by atoms with van der Waals surface area (Å²) in [6.07, 6.45) is 1.95. The van der Waals surface area contributed by atoms with Gasteiger partial charge in [-0.1, -0.05) is 18.2 Å². The van der Waals surface area contributed by atoms with Crippen LogP contribution < -0.4 is 10.6 Å². The number of amides is 1. The molecule has 1 fully saturated rings. The predicted molar refractivity (Wildman–Crippen MR) is 98.9 cm³/mol. The number of aromatic nitrogens is 1. The lowest BCUT2D eigenvalue weighted by Gasteiger charge is -2.28. The number of para-hydroxylation sites is 1. The maximum Gasteiger partial charge on any atom is 0.253 e. The van der Waals surface area contributed by atoms with Crippen LogP contribution in [0.3, 0.4) is 0 Å². The average Bonchev–Trinajstić information content (AvgIpc) is 2.46. The molecule has 0 radical (unpaired) electrons. The molecule has 0 aliphatic carbocycles. The van der Waals surface area contributed by atoms with Gasteiger partial charge in [-0.15, -0.1) is 24.8 Å². The van der Waals surface area contributed by atoms with Crippen molar-refractivity contribution in [3.8, 4) is 0 Å². The Balaban J connectivity index is 0.00000132. The zero-order valence-corrected chi connectivity index (χ0v) is 15.0. The van der Waals surface area contributed by atoms with E-state index in [1.807, 2.05) is 37.3 Å². The van der Waals surface area contributed by atoms with Crippen molar-refractivity contribution in [2.75, 3.05) is 6.54 Å². The maximum absolute atomic E-state index is 12.6. The van der Waals surface area contributed by atoms with Crippen LogP contribution in [0.2, 0.25) is 0 Å². The lowest BCUT2D eigenvalue weighted by molar-refractivity contribution is 0.0927. The van der Waals surface area contributed by atoms with Gasteiger partial charge in [0.25, 0.3) is 5.91 Å². The van der Waals surface area contributed by atoms with Gasteiger partial charge in [0.2, 0.25) is 0 Å². The molecule has 2 unspecified atom stereocenters. The number of nitrogens with zero attached hydrogens (tertiary/aromatic N) is 1. The highest BCUT2D eigenvalue weighted by atomic mass is 35.5. The first kappa shape index (κ1) is 19.7. The normalized spacial score (nSPS) is 20.3. The number of pyridine rings is 1. The van der Waals surface area contributed by atoms with E-state index in [9.17, 15) is 4.79 Å². The first-order chi connectivity index (χ1) is 10.1. The third-order valence-electron chi connectivity index (χ3n) is 4.06. The molecule has 2 N–H and O–H groups in total. The molecule has 0 spiro atoms. The summed E-state index contributed by atoms with van der Waals surface area (Å²) in [5.74, 6) is -0.0159. The highest BCUT2D eigenvalue weighted by Crippen LogP contribution is 2.18. The standard InChI is InChI=1S/C17H21N3O.2ClH/c1-11-6-7-13-4-3-5-15(16(13)19-11)17(21)20-14-8-9-18-12(2)10-14;;/h3-7,12,14,18H,8-10H2,1-2H3,(H,20,21);2*1H. The number of fused-ring (bicyclic) bond motifs is 1. The van der Waals surface area contributed by atoms with Crippen LogP contribution in [0.25, 0.3) is 10.9 Å². The summed E-state index contributed by atoms with van der Waals surface area (Å²) < 4.78 is 0. The van der Waals surface area contributed by atoms with Gasteiger partial charge < -0.3 is 10.6 Å². The minimum atomic E-state index is -0.0159. The first-order valence-corrected chi connectivity index (χ1v) is 7.54. The molecule has 1 saturated heterocycles. The van der Waals surface area contributed by atoms with Crippen molar-refractivity contribution in [1.82, 2.24) is 15.6 Å². The smallest absolute Gasteiger partial charge is 0.253 e.